The van der Waals surface area contributed by atoms with Crippen LogP contribution in [-0.4, -0.2) is 30.4 Å². The third-order valence-electron chi connectivity index (χ3n) is 4.08. The second kappa shape index (κ2) is 8.54. The molecule has 1 aliphatic rings. The highest BCUT2D eigenvalue weighted by molar-refractivity contribution is 9.10. The number of nitrogens with one attached hydrogen (secondary N) is 1. The first-order valence-corrected chi connectivity index (χ1v) is 8.73. The highest BCUT2D eigenvalue weighted by atomic mass is 79.9. The quantitative estimate of drug-likeness (QED) is 0.793. The number of nitrogens with zero attached hydrogens (tertiary/aromatic N) is 1. The Balaban J connectivity index is 1.74. The van der Waals surface area contributed by atoms with E-state index in [0.717, 1.165) is 56.3 Å². The molecule has 1 aromatic carbocycles. The molecule has 0 atom stereocenters. The van der Waals surface area contributed by atoms with Crippen molar-refractivity contribution < 1.29 is 4.79 Å². The zero-order valence-corrected chi connectivity index (χ0v) is 14.4. The fourth-order valence-electron chi connectivity index (χ4n) is 2.78. The monoisotopic (exact) mass is 352 g/mol. The number of unbranched alkanes of at least 4 members (excludes halogenated alkanes) is 1. The van der Waals surface area contributed by atoms with Crippen molar-refractivity contribution in [2.45, 2.75) is 39.2 Å². The Labute approximate surface area is 136 Å². The predicted octanol–water partition coefficient (Wildman–Crippen LogP) is 3.58. The van der Waals surface area contributed by atoms with E-state index in [1.807, 2.05) is 0 Å². The number of likely N-dealkylation sites (tertiary alicyclic amines) is 1. The van der Waals surface area contributed by atoms with Gasteiger partial charge < -0.3 is 5.32 Å². The van der Waals surface area contributed by atoms with Crippen molar-refractivity contribution >= 4 is 21.8 Å². The van der Waals surface area contributed by atoms with Gasteiger partial charge in [-0.15, -0.1) is 0 Å². The van der Waals surface area contributed by atoms with Crippen molar-refractivity contribution in [3.63, 3.8) is 0 Å². The Morgan fingerprint density at radius 2 is 2.14 bits per heavy atom. The summed E-state index contributed by atoms with van der Waals surface area (Å²) in [6, 6.07) is 8.46. The van der Waals surface area contributed by atoms with Gasteiger partial charge >= 0.3 is 0 Å². The van der Waals surface area contributed by atoms with Gasteiger partial charge in [0.25, 0.3) is 0 Å². The molecule has 116 valence electrons. The number of rotatable bonds is 6. The number of amides is 1. The molecule has 0 aromatic heterocycles. The zero-order valence-electron chi connectivity index (χ0n) is 12.8. The molecule has 1 aromatic rings. The van der Waals surface area contributed by atoms with Crippen molar-refractivity contribution in [2.75, 3.05) is 19.6 Å². The summed E-state index contributed by atoms with van der Waals surface area (Å²) in [5.41, 5.74) is 1.33. The van der Waals surface area contributed by atoms with E-state index < -0.39 is 0 Å². The van der Waals surface area contributed by atoms with Crippen molar-refractivity contribution in [1.29, 1.82) is 0 Å². The van der Waals surface area contributed by atoms with Crippen LogP contribution in [0.1, 0.15) is 38.2 Å². The third-order valence-corrected chi connectivity index (χ3v) is 4.58. The van der Waals surface area contributed by atoms with Gasteiger partial charge in [0.15, 0.2) is 0 Å². The van der Waals surface area contributed by atoms with Crippen LogP contribution in [0.5, 0.6) is 0 Å². The summed E-state index contributed by atoms with van der Waals surface area (Å²) in [5.74, 6) is 0.464. The summed E-state index contributed by atoms with van der Waals surface area (Å²) in [6.45, 7) is 5.97. The maximum atomic E-state index is 12.0. The molecule has 0 saturated carbocycles. The molecule has 0 unspecified atom stereocenters. The van der Waals surface area contributed by atoms with E-state index in [2.05, 4.69) is 57.3 Å². The van der Waals surface area contributed by atoms with Gasteiger partial charge in [-0.2, -0.15) is 0 Å². The third kappa shape index (κ3) is 5.44. The highest BCUT2D eigenvalue weighted by Gasteiger charge is 2.24. The second-order valence-corrected chi connectivity index (χ2v) is 6.74. The molecule has 0 bridgehead atoms. The number of hydrogen-bond acceptors (Lipinski definition) is 2. The summed E-state index contributed by atoms with van der Waals surface area (Å²) in [7, 11) is 0. The van der Waals surface area contributed by atoms with E-state index in [9.17, 15) is 4.79 Å². The molecule has 3 nitrogen and oxygen atoms in total. The maximum Gasteiger partial charge on any atom is 0.223 e. The van der Waals surface area contributed by atoms with Crippen LogP contribution in [-0.2, 0) is 11.3 Å². The summed E-state index contributed by atoms with van der Waals surface area (Å²) < 4.78 is 1.13. The molecule has 1 saturated heterocycles. The van der Waals surface area contributed by atoms with Crippen molar-refractivity contribution in [2.24, 2.45) is 5.92 Å². The van der Waals surface area contributed by atoms with Crippen LogP contribution >= 0.6 is 15.9 Å². The summed E-state index contributed by atoms with van der Waals surface area (Å²) in [5, 5.41) is 3.06. The van der Waals surface area contributed by atoms with Crippen LogP contribution in [0.4, 0.5) is 0 Å². The molecule has 1 N–H and O–H groups in total. The molecule has 1 heterocycles. The van der Waals surface area contributed by atoms with Gasteiger partial charge in [-0.1, -0.05) is 41.4 Å². The Morgan fingerprint density at radius 1 is 1.38 bits per heavy atom. The van der Waals surface area contributed by atoms with Gasteiger partial charge in [0.05, 0.1) is 0 Å². The Hall–Kier alpha value is -0.870. The van der Waals surface area contributed by atoms with Gasteiger partial charge in [-0.25, -0.2) is 0 Å². The Morgan fingerprint density at radius 3 is 2.81 bits per heavy atom. The first kappa shape index (κ1) is 16.5. The average Bonchev–Trinajstić information content (AvgIpc) is 2.48. The second-order valence-electron chi connectivity index (χ2n) is 5.82. The van der Waals surface area contributed by atoms with Gasteiger partial charge in [0, 0.05) is 23.5 Å². The highest BCUT2D eigenvalue weighted by Crippen LogP contribution is 2.20. The van der Waals surface area contributed by atoms with Gasteiger partial charge in [-0.3, -0.25) is 9.69 Å². The van der Waals surface area contributed by atoms with E-state index in [1.54, 1.807) is 0 Å². The SMILES string of the molecule is CCCCNC(=O)C1CCN(Cc2cccc(Br)c2)CC1. The van der Waals surface area contributed by atoms with Crippen molar-refractivity contribution in [3.05, 3.63) is 34.3 Å². The van der Waals surface area contributed by atoms with E-state index >= 15 is 0 Å². The lowest BCUT2D eigenvalue weighted by Crippen LogP contribution is -2.40. The van der Waals surface area contributed by atoms with Crippen LogP contribution in [0.2, 0.25) is 0 Å². The molecule has 1 amide bonds. The number of halogens is 1. The fraction of sp³-hybridized carbons (Fsp3) is 0.588. The summed E-state index contributed by atoms with van der Waals surface area (Å²) >= 11 is 3.51. The standard InChI is InChI=1S/C17H25BrN2O/c1-2-3-9-19-17(21)15-7-10-20(11-8-15)13-14-5-4-6-16(18)12-14/h4-6,12,15H,2-3,7-11,13H2,1H3,(H,19,21). The number of benzene rings is 1. The Bertz CT molecular complexity index is 456. The lowest BCUT2D eigenvalue weighted by atomic mass is 9.95. The van der Waals surface area contributed by atoms with Crippen LogP contribution in [0.25, 0.3) is 0 Å². The number of hydrogen-bond donors (Lipinski definition) is 1. The molecule has 0 spiro atoms. The van der Waals surface area contributed by atoms with Crippen LogP contribution in [0, 0.1) is 5.92 Å². The van der Waals surface area contributed by atoms with Crippen LogP contribution < -0.4 is 5.32 Å². The fourth-order valence-corrected chi connectivity index (χ4v) is 3.23. The molecule has 1 fully saturated rings. The minimum absolute atomic E-state index is 0.209. The average molecular weight is 353 g/mol. The lowest BCUT2D eigenvalue weighted by molar-refractivity contribution is -0.126. The normalized spacial score (nSPS) is 16.9. The van der Waals surface area contributed by atoms with E-state index in [0.29, 0.717) is 0 Å². The van der Waals surface area contributed by atoms with Crippen LogP contribution in [0.3, 0.4) is 0 Å². The van der Waals surface area contributed by atoms with Gasteiger partial charge in [0.1, 0.15) is 0 Å². The molecule has 0 radical (unpaired) electrons. The van der Waals surface area contributed by atoms with E-state index in [4.69, 9.17) is 0 Å². The lowest BCUT2D eigenvalue weighted by Gasteiger charge is -2.31. The topological polar surface area (TPSA) is 32.3 Å². The Kier molecular flexibility index (Phi) is 6.71. The molecule has 1 aliphatic heterocycles. The zero-order chi connectivity index (χ0) is 15.1. The molecule has 2 rings (SSSR count). The first-order valence-electron chi connectivity index (χ1n) is 7.93. The molecule has 0 aliphatic carbocycles. The molecule has 4 heteroatoms. The minimum atomic E-state index is 0.209. The van der Waals surface area contributed by atoms with Gasteiger partial charge in [-0.05, 0) is 50.0 Å². The molecular formula is C17H25BrN2O. The summed E-state index contributed by atoms with van der Waals surface area (Å²) in [4.78, 5) is 14.5. The van der Waals surface area contributed by atoms with Crippen molar-refractivity contribution in [3.8, 4) is 0 Å². The van der Waals surface area contributed by atoms with Crippen LogP contribution in [0.15, 0.2) is 28.7 Å². The first-order chi connectivity index (χ1) is 10.2. The number of carbonyl (C=O) groups is 1. The smallest absolute Gasteiger partial charge is 0.223 e. The number of piperidine rings is 1. The minimum Gasteiger partial charge on any atom is -0.356 e. The molecular weight excluding hydrogens is 328 g/mol. The van der Waals surface area contributed by atoms with E-state index in [1.165, 1.54) is 5.56 Å². The van der Waals surface area contributed by atoms with Gasteiger partial charge in [0.2, 0.25) is 5.91 Å². The largest absolute Gasteiger partial charge is 0.356 e. The summed E-state index contributed by atoms with van der Waals surface area (Å²) in [6.07, 6.45) is 4.16. The number of carbonyl (C=O) groups excluding carboxylic acids is 1. The maximum absolute atomic E-state index is 12.0. The predicted molar refractivity (Wildman–Crippen MR) is 90.1 cm³/mol. The van der Waals surface area contributed by atoms with Crippen molar-refractivity contribution in [1.82, 2.24) is 10.2 Å². The molecule has 21 heavy (non-hydrogen) atoms. The van der Waals surface area contributed by atoms with E-state index in [-0.39, 0.29) is 11.8 Å².